The predicted molar refractivity (Wildman–Crippen MR) is 108 cm³/mol. The van der Waals surface area contributed by atoms with Gasteiger partial charge in [0.05, 0.1) is 51.9 Å². The first-order valence-electron chi connectivity index (χ1n) is 9.14. The molecule has 0 spiro atoms. The van der Waals surface area contributed by atoms with Crippen LogP contribution in [0.25, 0.3) is 11.4 Å². The van der Waals surface area contributed by atoms with Crippen LogP contribution in [-0.4, -0.2) is 76.7 Å². The highest BCUT2D eigenvalue weighted by atomic mass is 32.2. The van der Waals surface area contributed by atoms with Crippen LogP contribution < -0.4 is 14.2 Å². The van der Waals surface area contributed by atoms with Gasteiger partial charge in [-0.2, -0.15) is 0 Å². The lowest BCUT2D eigenvalue weighted by molar-refractivity contribution is 0.182. The van der Waals surface area contributed by atoms with Crippen LogP contribution in [0.5, 0.6) is 17.2 Å². The van der Waals surface area contributed by atoms with Gasteiger partial charge in [0.15, 0.2) is 11.5 Å². The molecule has 0 unspecified atom stereocenters. The molecular formula is C19H27N3O6S. The highest BCUT2D eigenvalue weighted by molar-refractivity contribution is 7.89. The quantitative estimate of drug-likeness (QED) is 0.635. The second-order valence-corrected chi connectivity index (χ2v) is 9.19. The van der Waals surface area contributed by atoms with Crippen LogP contribution in [0.3, 0.4) is 0 Å². The molecule has 1 aromatic heterocycles. The average molecular weight is 426 g/mol. The Bertz CT molecular complexity index is 957. The van der Waals surface area contributed by atoms with Crippen LogP contribution in [0, 0.1) is 5.92 Å². The van der Waals surface area contributed by atoms with E-state index in [2.05, 4.69) is 4.98 Å². The number of nitrogens with zero attached hydrogens (tertiary/aromatic N) is 3. The van der Waals surface area contributed by atoms with Crippen LogP contribution in [-0.2, 0) is 14.8 Å². The molecule has 2 heterocycles. The topological polar surface area (TPSA) is 92.1 Å². The van der Waals surface area contributed by atoms with Crippen LogP contribution in [0.4, 0.5) is 0 Å². The summed E-state index contributed by atoms with van der Waals surface area (Å²) in [5.74, 6) is 1.97. The van der Waals surface area contributed by atoms with Gasteiger partial charge >= 0.3 is 0 Å². The SMILES string of the molecule is COc1ccc(-c2nccn2[C@@H]2COC[C@H]2CS(=O)(=O)N(C)C)c(OC)c1OC. The number of methoxy groups -OCH3 is 3. The Morgan fingerprint density at radius 2 is 1.86 bits per heavy atom. The molecule has 0 aliphatic carbocycles. The maximum atomic E-state index is 12.4. The third kappa shape index (κ3) is 4.05. The van der Waals surface area contributed by atoms with Gasteiger partial charge in [-0.15, -0.1) is 0 Å². The number of ether oxygens (including phenoxy) is 4. The van der Waals surface area contributed by atoms with E-state index in [1.54, 1.807) is 33.6 Å². The minimum absolute atomic E-state index is 0.00531. The van der Waals surface area contributed by atoms with Gasteiger partial charge in [0, 0.05) is 32.4 Å². The number of aromatic nitrogens is 2. The lowest BCUT2D eigenvalue weighted by Gasteiger charge is -2.23. The zero-order valence-electron chi connectivity index (χ0n) is 17.3. The molecule has 0 amide bonds. The first-order chi connectivity index (χ1) is 13.8. The molecule has 1 aliphatic rings. The van der Waals surface area contributed by atoms with E-state index in [0.29, 0.717) is 36.3 Å². The molecule has 0 N–H and O–H groups in total. The number of rotatable bonds is 8. The number of benzene rings is 1. The standard InChI is InChI=1S/C19H27N3O6S/c1-21(2)29(23,24)12-13-10-28-11-15(13)22-9-8-20-19(22)14-6-7-16(25-3)18(27-5)17(14)26-4/h6-9,13,15H,10-12H2,1-5H3/t13-,15+/m0/s1. The van der Waals surface area contributed by atoms with E-state index in [-0.39, 0.29) is 17.7 Å². The summed E-state index contributed by atoms with van der Waals surface area (Å²) in [5.41, 5.74) is 0.719. The Morgan fingerprint density at radius 3 is 2.48 bits per heavy atom. The van der Waals surface area contributed by atoms with Crippen LogP contribution in [0.15, 0.2) is 24.5 Å². The van der Waals surface area contributed by atoms with Gasteiger partial charge in [-0.1, -0.05) is 0 Å². The Morgan fingerprint density at radius 1 is 1.14 bits per heavy atom. The molecule has 1 fully saturated rings. The molecular weight excluding hydrogens is 398 g/mol. The lowest BCUT2D eigenvalue weighted by atomic mass is 10.0. The van der Waals surface area contributed by atoms with Gasteiger partial charge in [0.2, 0.25) is 15.8 Å². The smallest absolute Gasteiger partial charge is 0.214 e. The number of hydrogen-bond donors (Lipinski definition) is 0. The molecule has 1 saturated heterocycles. The Hall–Kier alpha value is -2.30. The summed E-state index contributed by atoms with van der Waals surface area (Å²) in [6.07, 6.45) is 3.52. The maximum Gasteiger partial charge on any atom is 0.214 e. The molecule has 2 atom stereocenters. The molecule has 0 bridgehead atoms. The summed E-state index contributed by atoms with van der Waals surface area (Å²) >= 11 is 0. The summed E-state index contributed by atoms with van der Waals surface area (Å²) in [5, 5.41) is 0. The van der Waals surface area contributed by atoms with Crippen molar-refractivity contribution in [3.8, 4) is 28.6 Å². The molecule has 3 rings (SSSR count). The number of hydrogen-bond acceptors (Lipinski definition) is 7. The maximum absolute atomic E-state index is 12.4. The average Bonchev–Trinajstić information content (AvgIpc) is 3.34. The third-order valence-corrected chi connectivity index (χ3v) is 7.08. The second-order valence-electron chi connectivity index (χ2n) is 6.97. The molecule has 160 valence electrons. The molecule has 1 aromatic carbocycles. The van der Waals surface area contributed by atoms with E-state index in [0.717, 1.165) is 5.56 Å². The van der Waals surface area contributed by atoms with Crippen molar-refractivity contribution in [3.05, 3.63) is 24.5 Å². The van der Waals surface area contributed by atoms with Crippen molar-refractivity contribution in [1.29, 1.82) is 0 Å². The summed E-state index contributed by atoms with van der Waals surface area (Å²) in [4.78, 5) is 4.51. The summed E-state index contributed by atoms with van der Waals surface area (Å²) in [6, 6.07) is 3.47. The normalized spacial score (nSPS) is 19.5. The van der Waals surface area contributed by atoms with Gasteiger partial charge in [0.25, 0.3) is 0 Å². The number of sulfonamides is 1. The molecule has 0 radical (unpaired) electrons. The van der Waals surface area contributed by atoms with Gasteiger partial charge < -0.3 is 23.5 Å². The fraction of sp³-hybridized carbons (Fsp3) is 0.526. The largest absolute Gasteiger partial charge is 0.493 e. The van der Waals surface area contributed by atoms with Gasteiger partial charge in [0.1, 0.15) is 5.82 Å². The fourth-order valence-corrected chi connectivity index (χ4v) is 4.70. The highest BCUT2D eigenvalue weighted by Crippen LogP contribution is 2.44. The Balaban J connectivity index is 2.02. The molecule has 9 nitrogen and oxygen atoms in total. The molecule has 2 aromatic rings. The Labute approximate surface area is 171 Å². The van der Waals surface area contributed by atoms with Crippen molar-refractivity contribution >= 4 is 10.0 Å². The van der Waals surface area contributed by atoms with Crippen LogP contribution in [0.1, 0.15) is 6.04 Å². The van der Waals surface area contributed by atoms with Crippen molar-refractivity contribution in [3.63, 3.8) is 0 Å². The van der Waals surface area contributed by atoms with Crippen molar-refractivity contribution in [2.45, 2.75) is 6.04 Å². The van der Waals surface area contributed by atoms with Crippen LogP contribution in [0.2, 0.25) is 0 Å². The molecule has 29 heavy (non-hydrogen) atoms. The minimum atomic E-state index is -3.36. The zero-order chi connectivity index (χ0) is 21.2. The van der Waals surface area contributed by atoms with Crippen molar-refractivity contribution < 1.29 is 27.4 Å². The second kappa shape index (κ2) is 8.60. The van der Waals surface area contributed by atoms with E-state index in [9.17, 15) is 8.42 Å². The zero-order valence-corrected chi connectivity index (χ0v) is 18.1. The van der Waals surface area contributed by atoms with E-state index in [1.165, 1.54) is 18.4 Å². The van der Waals surface area contributed by atoms with E-state index < -0.39 is 10.0 Å². The Kier molecular flexibility index (Phi) is 6.35. The first kappa shape index (κ1) is 21.4. The van der Waals surface area contributed by atoms with Gasteiger partial charge in [-0.25, -0.2) is 17.7 Å². The van der Waals surface area contributed by atoms with Crippen molar-refractivity contribution in [1.82, 2.24) is 13.9 Å². The van der Waals surface area contributed by atoms with Crippen molar-refractivity contribution in [2.75, 3.05) is 54.4 Å². The van der Waals surface area contributed by atoms with Gasteiger partial charge in [-0.3, -0.25) is 0 Å². The number of imidazole rings is 1. The summed E-state index contributed by atoms with van der Waals surface area (Å²) in [7, 11) is 4.38. The van der Waals surface area contributed by atoms with E-state index >= 15 is 0 Å². The molecule has 1 aliphatic heterocycles. The van der Waals surface area contributed by atoms with E-state index in [4.69, 9.17) is 18.9 Å². The monoisotopic (exact) mass is 425 g/mol. The third-order valence-electron chi connectivity index (χ3n) is 5.12. The fourth-order valence-electron chi connectivity index (χ4n) is 3.54. The summed E-state index contributed by atoms with van der Waals surface area (Å²) in [6.45, 7) is 0.783. The first-order valence-corrected chi connectivity index (χ1v) is 10.7. The highest BCUT2D eigenvalue weighted by Gasteiger charge is 2.36. The lowest BCUT2D eigenvalue weighted by Crippen LogP contribution is -2.32. The van der Waals surface area contributed by atoms with E-state index in [1.807, 2.05) is 16.8 Å². The predicted octanol–water partition coefficient (Wildman–Crippen LogP) is 1.65. The minimum Gasteiger partial charge on any atom is -0.493 e. The molecule has 0 saturated carbocycles. The van der Waals surface area contributed by atoms with Gasteiger partial charge in [-0.05, 0) is 12.1 Å². The van der Waals surface area contributed by atoms with Crippen molar-refractivity contribution in [2.24, 2.45) is 5.92 Å². The molecule has 10 heteroatoms. The van der Waals surface area contributed by atoms with Crippen LogP contribution >= 0.6 is 0 Å². The summed E-state index contributed by atoms with van der Waals surface area (Å²) < 4.78 is 50.1.